The number of hydrogen-bond acceptors (Lipinski definition) is 2. The van der Waals surface area contributed by atoms with Crippen molar-refractivity contribution in [2.75, 3.05) is 10.8 Å². The van der Waals surface area contributed by atoms with Gasteiger partial charge in [-0.1, -0.05) is 60.7 Å². The van der Waals surface area contributed by atoms with E-state index in [9.17, 15) is 8.42 Å². The Morgan fingerprint density at radius 2 is 1.48 bits per heavy atom. The molecule has 1 aliphatic heterocycles. The summed E-state index contributed by atoms with van der Waals surface area (Å²) in [7, 11) is -3.49. The molecule has 0 fully saturated rings. The fourth-order valence-corrected chi connectivity index (χ4v) is 4.86. The highest BCUT2D eigenvalue weighted by Gasteiger charge is 2.30. The van der Waals surface area contributed by atoms with Crippen LogP contribution in [0.25, 0.3) is 0 Å². The van der Waals surface area contributed by atoms with Gasteiger partial charge in [0.2, 0.25) is 0 Å². The minimum absolute atomic E-state index is 0.344. The Kier molecular flexibility index (Phi) is 4.06. The second kappa shape index (κ2) is 6.37. The van der Waals surface area contributed by atoms with Gasteiger partial charge in [0.15, 0.2) is 0 Å². The zero-order valence-electron chi connectivity index (χ0n) is 13.8. The van der Waals surface area contributed by atoms with Crippen LogP contribution in [0.2, 0.25) is 0 Å². The maximum atomic E-state index is 12.9. The molecule has 4 heteroatoms. The van der Waals surface area contributed by atoms with Crippen LogP contribution in [0.5, 0.6) is 0 Å². The molecule has 0 saturated heterocycles. The van der Waals surface area contributed by atoms with E-state index in [1.54, 1.807) is 24.3 Å². The first kappa shape index (κ1) is 15.9. The SMILES string of the molecule is O=S(=O)(c1ccccc1)N1CCc2cc(Cc3ccccc3)ccc21. The summed E-state index contributed by atoms with van der Waals surface area (Å²) >= 11 is 0. The first-order valence-electron chi connectivity index (χ1n) is 8.38. The number of benzene rings is 3. The molecule has 25 heavy (non-hydrogen) atoms. The molecule has 0 bridgehead atoms. The highest BCUT2D eigenvalue weighted by Crippen LogP contribution is 2.33. The normalized spacial score (nSPS) is 13.7. The highest BCUT2D eigenvalue weighted by atomic mass is 32.2. The number of fused-ring (bicyclic) bond motifs is 1. The van der Waals surface area contributed by atoms with E-state index in [0.717, 1.165) is 24.1 Å². The standard InChI is InChI=1S/C21H19NO2S/c23-25(24,20-9-5-2-6-10-20)22-14-13-19-16-18(11-12-21(19)22)15-17-7-3-1-4-8-17/h1-12,16H,13-15H2. The van der Waals surface area contributed by atoms with Crippen molar-refractivity contribution in [1.29, 1.82) is 0 Å². The lowest BCUT2D eigenvalue weighted by Crippen LogP contribution is -2.29. The van der Waals surface area contributed by atoms with Crippen molar-refractivity contribution < 1.29 is 8.42 Å². The van der Waals surface area contributed by atoms with Crippen LogP contribution in [0.4, 0.5) is 5.69 Å². The molecule has 0 unspecified atom stereocenters. The maximum absolute atomic E-state index is 12.9. The summed E-state index contributed by atoms with van der Waals surface area (Å²) in [6.45, 7) is 0.501. The average molecular weight is 349 g/mol. The predicted molar refractivity (Wildman–Crippen MR) is 100 cm³/mol. The van der Waals surface area contributed by atoms with Crippen molar-refractivity contribution in [3.8, 4) is 0 Å². The molecule has 0 N–H and O–H groups in total. The maximum Gasteiger partial charge on any atom is 0.264 e. The summed E-state index contributed by atoms with van der Waals surface area (Å²) in [6, 6.07) is 25.1. The zero-order chi connectivity index (χ0) is 17.3. The average Bonchev–Trinajstić information content (AvgIpc) is 3.07. The highest BCUT2D eigenvalue weighted by molar-refractivity contribution is 7.92. The molecule has 3 aromatic rings. The van der Waals surface area contributed by atoms with Gasteiger partial charge in [0.05, 0.1) is 10.6 Å². The van der Waals surface area contributed by atoms with E-state index < -0.39 is 10.0 Å². The molecule has 3 aromatic carbocycles. The summed E-state index contributed by atoms with van der Waals surface area (Å²) < 4.78 is 27.3. The van der Waals surface area contributed by atoms with Gasteiger partial charge in [-0.3, -0.25) is 4.31 Å². The summed E-state index contributed by atoms with van der Waals surface area (Å²) in [5, 5.41) is 0. The van der Waals surface area contributed by atoms with Gasteiger partial charge in [0.25, 0.3) is 10.0 Å². The van der Waals surface area contributed by atoms with E-state index in [1.807, 2.05) is 36.4 Å². The monoisotopic (exact) mass is 349 g/mol. The molecule has 0 aromatic heterocycles. The number of sulfonamides is 1. The van der Waals surface area contributed by atoms with Crippen LogP contribution in [0.1, 0.15) is 16.7 Å². The molecular formula is C21H19NO2S. The van der Waals surface area contributed by atoms with Crippen molar-refractivity contribution in [3.05, 3.63) is 95.6 Å². The number of anilines is 1. The lowest BCUT2D eigenvalue weighted by Gasteiger charge is -2.19. The van der Waals surface area contributed by atoms with E-state index in [2.05, 4.69) is 18.2 Å². The summed E-state index contributed by atoms with van der Waals surface area (Å²) in [5.41, 5.74) is 4.38. The Bertz CT molecular complexity index is 983. The third-order valence-corrected chi connectivity index (χ3v) is 6.41. The number of nitrogens with zero attached hydrogens (tertiary/aromatic N) is 1. The topological polar surface area (TPSA) is 37.4 Å². The van der Waals surface area contributed by atoms with Crippen LogP contribution < -0.4 is 4.31 Å². The minimum Gasteiger partial charge on any atom is -0.266 e. The molecular weight excluding hydrogens is 330 g/mol. The van der Waals surface area contributed by atoms with Crippen LogP contribution >= 0.6 is 0 Å². The van der Waals surface area contributed by atoms with Crippen LogP contribution in [0.15, 0.2) is 83.8 Å². The molecule has 1 aliphatic rings. The van der Waals surface area contributed by atoms with Gasteiger partial charge in [0.1, 0.15) is 0 Å². The van der Waals surface area contributed by atoms with Crippen molar-refractivity contribution >= 4 is 15.7 Å². The lowest BCUT2D eigenvalue weighted by atomic mass is 10.0. The fourth-order valence-electron chi connectivity index (χ4n) is 3.34. The Hall–Kier alpha value is -2.59. The van der Waals surface area contributed by atoms with Crippen LogP contribution in [0, 0.1) is 0 Å². The summed E-state index contributed by atoms with van der Waals surface area (Å²) in [4.78, 5) is 0.344. The Balaban J connectivity index is 1.64. The molecule has 1 heterocycles. The second-order valence-electron chi connectivity index (χ2n) is 6.27. The smallest absolute Gasteiger partial charge is 0.264 e. The Labute approximate surface area is 148 Å². The lowest BCUT2D eigenvalue weighted by molar-refractivity contribution is 0.592. The minimum atomic E-state index is -3.49. The molecule has 4 rings (SSSR count). The molecule has 3 nitrogen and oxygen atoms in total. The van der Waals surface area contributed by atoms with Gasteiger partial charge in [-0.2, -0.15) is 0 Å². The van der Waals surface area contributed by atoms with Crippen LogP contribution in [0.3, 0.4) is 0 Å². The van der Waals surface area contributed by atoms with Crippen molar-refractivity contribution in [2.45, 2.75) is 17.7 Å². The second-order valence-corrected chi connectivity index (χ2v) is 8.13. The van der Waals surface area contributed by atoms with E-state index in [1.165, 1.54) is 15.4 Å². The molecule has 126 valence electrons. The van der Waals surface area contributed by atoms with Gasteiger partial charge in [-0.15, -0.1) is 0 Å². The van der Waals surface area contributed by atoms with Gasteiger partial charge in [-0.05, 0) is 47.7 Å². The molecule has 0 aliphatic carbocycles. The van der Waals surface area contributed by atoms with E-state index >= 15 is 0 Å². The first-order valence-corrected chi connectivity index (χ1v) is 9.82. The summed E-state index contributed by atoms with van der Waals surface area (Å²) in [5.74, 6) is 0. The van der Waals surface area contributed by atoms with E-state index in [-0.39, 0.29) is 0 Å². The third-order valence-electron chi connectivity index (χ3n) is 4.58. The fraction of sp³-hybridized carbons (Fsp3) is 0.143. The predicted octanol–water partition coefficient (Wildman–Crippen LogP) is 4.03. The first-order chi connectivity index (χ1) is 12.1. The summed E-state index contributed by atoms with van der Waals surface area (Å²) in [6.07, 6.45) is 1.61. The Morgan fingerprint density at radius 1 is 0.800 bits per heavy atom. The van der Waals surface area contributed by atoms with E-state index in [4.69, 9.17) is 0 Å². The van der Waals surface area contributed by atoms with Crippen molar-refractivity contribution in [1.82, 2.24) is 0 Å². The Morgan fingerprint density at radius 3 is 2.20 bits per heavy atom. The molecule has 0 amide bonds. The van der Waals surface area contributed by atoms with Crippen molar-refractivity contribution in [2.24, 2.45) is 0 Å². The van der Waals surface area contributed by atoms with Gasteiger partial charge < -0.3 is 0 Å². The zero-order valence-corrected chi connectivity index (χ0v) is 14.6. The molecule has 0 atom stereocenters. The van der Waals surface area contributed by atoms with Gasteiger partial charge in [0, 0.05) is 6.54 Å². The number of rotatable bonds is 4. The van der Waals surface area contributed by atoms with Crippen LogP contribution in [-0.2, 0) is 22.9 Å². The quantitative estimate of drug-likeness (QED) is 0.713. The largest absolute Gasteiger partial charge is 0.266 e. The molecule has 0 saturated carbocycles. The van der Waals surface area contributed by atoms with Crippen LogP contribution in [-0.4, -0.2) is 15.0 Å². The molecule has 0 radical (unpaired) electrons. The third kappa shape index (κ3) is 3.05. The van der Waals surface area contributed by atoms with E-state index in [0.29, 0.717) is 11.4 Å². The molecule has 0 spiro atoms. The number of hydrogen-bond donors (Lipinski definition) is 0. The van der Waals surface area contributed by atoms with Gasteiger partial charge >= 0.3 is 0 Å². The van der Waals surface area contributed by atoms with Gasteiger partial charge in [-0.25, -0.2) is 8.42 Å². The van der Waals surface area contributed by atoms with Crippen molar-refractivity contribution in [3.63, 3.8) is 0 Å².